The minimum Gasteiger partial charge on any atom is -0.478 e. The van der Waals surface area contributed by atoms with Gasteiger partial charge in [-0.25, -0.2) is 23.4 Å². The van der Waals surface area contributed by atoms with Crippen LogP contribution in [0.5, 0.6) is 0 Å². The highest BCUT2D eigenvalue weighted by Crippen LogP contribution is 2.32. The van der Waals surface area contributed by atoms with Gasteiger partial charge in [-0.2, -0.15) is 0 Å². The third kappa shape index (κ3) is 6.08. The predicted octanol–water partition coefficient (Wildman–Crippen LogP) is 5.64. The molecule has 1 N–H and O–H groups in total. The molecule has 0 aliphatic carbocycles. The molecule has 0 unspecified atom stereocenters. The molecule has 2 aromatic carbocycles. The van der Waals surface area contributed by atoms with Crippen LogP contribution < -0.4 is 0 Å². The zero-order chi connectivity index (χ0) is 25.7. The van der Waals surface area contributed by atoms with Gasteiger partial charge in [-0.15, -0.1) is 0 Å². The lowest BCUT2D eigenvalue weighted by molar-refractivity contribution is -0.136. The smallest absolute Gasteiger partial charge is 0.335 e. The molecule has 3 rings (SSSR count). The summed E-state index contributed by atoms with van der Waals surface area (Å²) in [5.41, 5.74) is 1.56. The number of hydrogen-bond acceptors (Lipinski definition) is 5. The number of aryl methyl sites for hydroxylation is 1. The summed E-state index contributed by atoms with van der Waals surface area (Å²) in [5, 5.41) is 9.94. The number of carboxylic acids is 1. The number of halogens is 2. The van der Waals surface area contributed by atoms with Crippen molar-refractivity contribution in [1.82, 2.24) is 4.98 Å². The van der Waals surface area contributed by atoms with E-state index in [1.165, 1.54) is 7.11 Å². The number of ether oxygens (including phenoxy) is 2. The SMILES string of the molecule is C=C(CCO[C@H](CC)Cc1cc2ccc(C)cc2nc1-c1c(F)cc(C(=O)O)cc1F)C(=O)OC. The van der Waals surface area contributed by atoms with Crippen molar-refractivity contribution in [2.24, 2.45) is 0 Å². The number of rotatable bonds is 10. The molecular formula is C27H27F2NO5. The van der Waals surface area contributed by atoms with Gasteiger partial charge >= 0.3 is 11.9 Å². The maximum Gasteiger partial charge on any atom is 0.335 e. The second-order valence-corrected chi connectivity index (χ2v) is 8.26. The zero-order valence-corrected chi connectivity index (χ0v) is 19.9. The highest BCUT2D eigenvalue weighted by Gasteiger charge is 2.22. The van der Waals surface area contributed by atoms with Crippen LogP contribution in [0.15, 0.2) is 48.6 Å². The monoisotopic (exact) mass is 483 g/mol. The first-order valence-corrected chi connectivity index (χ1v) is 11.1. The van der Waals surface area contributed by atoms with E-state index in [1.807, 2.05) is 38.1 Å². The number of methoxy groups -OCH3 is 1. The maximum atomic E-state index is 15.0. The molecule has 0 radical (unpaired) electrons. The van der Waals surface area contributed by atoms with Crippen LogP contribution in [0.1, 0.15) is 41.3 Å². The molecule has 0 amide bonds. The Morgan fingerprint density at radius 2 is 1.83 bits per heavy atom. The number of carbonyl (C=O) groups excluding carboxylic acids is 1. The fourth-order valence-corrected chi connectivity index (χ4v) is 3.78. The molecule has 184 valence electrons. The molecule has 6 nitrogen and oxygen atoms in total. The van der Waals surface area contributed by atoms with Crippen LogP contribution in [0.2, 0.25) is 0 Å². The Hall–Kier alpha value is -3.65. The lowest BCUT2D eigenvalue weighted by Gasteiger charge is -2.19. The van der Waals surface area contributed by atoms with Crippen LogP contribution in [0.25, 0.3) is 22.2 Å². The Bertz CT molecular complexity index is 1270. The maximum absolute atomic E-state index is 15.0. The van der Waals surface area contributed by atoms with E-state index in [4.69, 9.17) is 9.84 Å². The van der Waals surface area contributed by atoms with Crippen LogP contribution in [-0.4, -0.2) is 41.8 Å². The van der Waals surface area contributed by atoms with Crippen LogP contribution in [0.3, 0.4) is 0 Å². The molecular weight excluding hydrogens is 456 g/mol. The van der Waals surface area contributed by atoms with Crippen LogP contribution in [-0.2, 0) is 20.7 Å². The second kappa shape index (κ2) is 11.2. The quantitative estimate of drug-likeness (QED) is 0.297. The number of carboxylic acid groups (broad SMARTS) is 1. The fourth-order valence-electron chi connectivity index (χ4n) is 3.78. The fraction of sp³-hybridized carbons (Fsp3) is 0.296. The van der Waals surface area contributed by atoms with Crippen molar-refractivity contribution in [2.45, 2.75) is 39.2 Å². The lowest BCUT2D eigenvalue weighted by atomic mass is 9.96. The highest BCUT2D eigenvalue weighted by atomic mass is 19.1. The van der Waals surface area contributed by atoms with E-state index in [-0.39, 0.29) is 36.0 Å². The van der Waals surface area contributed by atoms with E-state index in [0.717, 1.165) is 23.1 Å². The largest absolute Gasteiger partial charge is 0.478 e. The number of hydrogen-bond donors (Lipinski definition) is 1. The summed E-state index contributed by atoms with van der Waals surface area (Å²) >= 11 is 0. The van der Waals surface area contributed by atoms with Gasteiger partial charge in [0.2, 0.25) is 0 Å². The van der Waals surface area contributed by atoms with Crippen LogP contribution in [0.4, 0.5) is 8.78 Å². The molecule has 1 aromatic heterocycles. The number of fused-ring (bicyclic) bond motifs is 1. The van der Waals surface area contributed by atoms with Crippen LogP contribution in [0, 0.1) is 18.6 Å². The average Bonchev–Trinajstić information content (AvgIpc) is 2.82. The van der Waals surface area contributed by atoms with E-state index in [2.05, 4.69) is 16.3 Å². The molecule has 0 fully saturated rings. The number of benzene rings is 2. The number of nitrogens with zero attached hydrogens (tertiary/aromatic N) is 1. The molecule has 1 atom stereocenters. The molecule has 35 heavy (non-hydrogen) atoms. The first kappa shape index (κ1) is 26.0. The predicted molar refractivity (Wildman–Crippen MR) is 128 cm³/mol. The molecule has 0 bridgehead atoms. The molecule has 0 spiro atoms. The Balaban J connectivity index is 2.01. The molecule has 0 saturated heterocycles. The number of esters is 1. The highest BCUT2D eigenvalue weighted by molar-refractivity contribution is 5.89. The Kier molecular flexibility index (Phi) is 8.30. The second-order valence-electron chi connectivity index (χ2n) is 8.26. The summed E-state index contributed by atoms with van der Waals surface area (Å²) in [6.45, 7) is 7.70. The summed E-state index contributed by atoms with van der Waals surface area (Å²) < 4.78 is 40.6. The summed E-state index contributed by atoms with van der Waals surface area (Å²) in [6.07, 6.45) is 0.852. The summed E-state index contributed by atoms with van der Waals surface area (Å²) in [5.74, 6) is -3.95. The summed E-state index contributed by atoms with van der Waals surface area (Å²) in [4.78, 5) is 27.3. The standard InChI is InChI=1S/C27H27F2NO5/c1-5-20(35-9-8-16(3)27(33)34-4)12-18-11-17-7-6-15(2)10-23(17)30-25(18)24-21(28)13-19(26(31)32)14-22(24)29/h6-7,10-11,13-14,20H,3,5,8-9,12H2,1-2,4H3,(H,31,32)/t20-/m1/s1. The van der Waals surface area contributed by atoms with Gasteiger partial charge < -0.3 is 14.6 Å². The summed E-state index contributed by atoms with van der Waals surface area (Å²) in [7, 11) is 1.28. The third-order valence-electron chi connectivity index (χ3n) is 5.71. The minimum atomic E-state index is -1.43. The molecule has 0 saturated carbocycles. The number of aromatic nitrogens is 1. The van der Waals surface area contributed by atoms with Gasteiger partial charge in [0.05, 0.1) is 42.2 Å². The van der Waals surface area contributed by atoms with Crippen molar-refractivity contribution in [1.29, 1.82) is 0 Å². The van der Waals surface area contributed by atoms with E-state index in [0.29, 0.717) is 23.9 Å². The molecule has 3 aromatic rings. The molecule has 0 aliphatic rings. The first-order valence-electron chi connectivity index (χ1n) is 11.1. The molecule has 0 aliphatic heterocycles. The van der Waals surface area contributed by atoms with Crippen molar-refractivity contribution >= 4 is 22.8 Å². The Morgan fingerprint density at radius 1 is 1.14 bits per heavy atom. The zero-order valence-electron chi connectivity index (χ0n) is 19.9. The van der Waals surface area contributed by atoms with Crippen LogP contribution >= 0.6 is 0 Å². The lowest BCUT2D eigenvalue weighted by Crippen LogP contribution is -2.18. The first-order chi connectivity index (χ1) is 16.6. The van der Waals surface area contributed by atoms with Crippen molar-refractivity contribution in [3.05, 3.63) is 76.9 Å². The number of pyridine rings is 1. The number of carbonyl (C=O) groups is 2. The van der Waals surface area contributed by atoms with Gasteiger partial charge in [-0.3, -0.25) is 0 Å². The van der Waals surface area contributed by atoms with Gasteiger partial charge in [0, 0.05) is 23.8 Å². The van der Waals surface area contributed by atoms with Crippen molar-refractivity contribution in [2.75, 3.05) is 13.7 Å². The van der Waals surface area contributed by atoms with Gasteiger partial charge in [0.15, 0.2) is 0 Å². The minimum absolute atomic E-state index is 0.0936. The van der Waals surface area contributed by atoms with Gasteiger partial charge in [-0.05, 0) is 48.7 Å². The summed E-state index contributed by atoms with van der Waals surface area (Å²) in [6, 6.07) is 9.02. The van der Waals surface area contributed by atoms with Gasteiger partial charge in [-0.1, -0.05) is 25.6 Å². The van der Waals surface area contributed by atoms with Gasteiger partial charge in [0.1, 0.15) is 11.6 Å². The van der Waals surface area contributed by atoms with E-state index >= 15 is 8.78 Å². The van der Waals surface area contributed by atoms with Crippen molar-refractivity contribution in [3.8, 4) is 11.3 Å². The molecule has 1 heterocycles. The number of aromatic carboxylic acids is 1. The van der Waals surface area contributed by atoms with E-state index < -0.39 is 29.1 Å². The topological polar surface area (TPSA) is 85.7 Å². The Labute approximate surface area is 202 Å². The van der Waals surface area contributed by atoms with E-state index in [9.17, 15) is 9.59 Å². The third-order valence-corrected chi connectivity index (χ3v) is 5.71. The normalized spacial score (nSPS) is 11.9. The van der Waals surface area contributed by atoms with Crippen molar-refractivity contribution < 1.29 is 33.0 Å². The van der Waals surface area contributed by atoms with Crippen molar-refractivity contribution in [3.63, 3.8) is 0 Å². The molecule has 8 heteroatoms. The average molecular weight is 484 g/mol. The Morgan fingerprint density at radius 3 is 2.43 bits per heavy atom. The van der Waals surface area contributed by atoms with E-state index in [1.54, 1.807) is 0 Å². The van der Waals surface area contributed by atoms with Gasteiger partial charge in [0.25, 0.3) is 0 Å².